The summed E-state index contributed by atoms with van der Waals surface area (Å²) >= 11 is 0. The van der Waals surface area contributed by atoms with Crippen LogP contribution < -0.4 is 0 Å². The molecule has 0 amide bonds. The number of carbonyl (C=O) groups is 1. The Morgan fingerprint density at radius 2 is 1.12 bits per heavy atom. The summed E-state index contributed by atoms with van der Waals surface area (Å²) in [4.78, 5) is 11.4. The molecule has 1 N–H and O–H groups in total. The third kappa shape index (κ3) is 14.5. The fraction of sp³-hybridized carbons (Fsp3) is 0.950. The number of hydrogen-bond donors (Lipinski definition) is 1. The number of esters is 1. The van der Waals surface area contributed by atoms with Crippen molar-refractivity contribution < 1.29 is 22.5 Å². The molecule has 0 fully saturated rings. The molecule has 0 heterocycles. The first-order chi connectivity index (χ1) is 12.4. The topological polar surface area (TPSA) is 80.7 Å². The van der Waals surface area contributed by atoms with Crippen LogP contribution in [-0.2, 0) is 19.6 Å². The van der Waals surface area contributed by atoms with Gasteiger partial charge in [-0.1, -0.05) is 103 Å². The van der Waals surface area contributed by atoms with Crippen molar-refractivity contribution in [3.8, 4) is 0 Å². The van der Waals surface area contributed by atoms with Crippen molar-refractivity contribution in [3.63, 3.8) is 0 Å². The molecule has 0 saturated heterocycles. The Labute approximate surface area is 161 Å². The van der Waals surface area contributed by atoms with E-state index in [4.69, 9.17) is 4.55 Å². The highest BCUT2D eigenvalue weighted by Gasteiger charge is 2.31. The summed E-state index contributed by atoms with van der Waals surface area (Å²) in [5, 5.41) is -1.44. The van der Waals surface area contributed by atoms with Gasteiger partial charge in [0, 0.05) is 0 Å². The molecule has 0 spiro atoms. The average molecular weight is 393 g/mol. The van der Waals surface area contributed by atoms with Crippen LogP contribution in [0.5, 0.6) is 0 Å². The molecule has 0 bridgehead atoms. The summed E-state index contributed by atoms with van der Waals surface area (Å²) in [6.45, 7) is 2.25. The number of methoxy groups -OCH3 is 1. The molecule has 0 aliphatic rings. The summed E-state index contributed by atoms with van der Waals surface area (Å²) < 4.78 is 35.8. The van der Waals surface area contributed by atoms with Crippen LogP contribution in [0, 0.1) is 0 Å². The highest BCUT2D eigenvalue weighted by Crippen LogP contribution is 2.16. The molecule has 156 valence electrons. The predicted octanol–water partition coefficient (Wildman–Crippen LogP) is 5.68. The van der Waals surface area contributed by atoms with E-state index in [9.17, 15) is 13.2 Å². The molecule has 1 atom stereocenters. The summed E-state index contributed by atoms with van der Waals surface area (Å²) in [6, 6.07) is 0. The fourth-order valence-corrected chi connectivity index (χ4v) is 4.02. The molecule has 6 heteroatoms. The lowest BCUT2D eigenvalue weighted by molar-refractivity contribution is -0.140. The zero-order valence-corrected chi connectivity index (χ0v) is 17.7. The highest BCUT2D eigenvalue weighted by molar-refractivity contribution is 7.87. The van der Waals surface area contributed by atoms with Crippen molar-refractivity contribution in [1.29, 1.82) is 0 Å². The Balaban J connectivity index is 3.44. The molecule has 1 unspecified atom stereocenters. The van der Waals surface area contributed by atoms with E-state index in [1.54, 1.807) is 0 Å². The van der Waals surface area contributed by atoms with Crippen LogP contribution >= 0.6 is 0 Å². The molecule has 0 radical (unpaired) electrons. The van der Waals surface area contributed by atoms with Gasteiger partial charge in [0.2, 0.25) is 0 Å². The maximum absolute atomic E-state index is 11.4. The first kappa shape index (κ1) is 25.4. The third-order valence-electron chi connectivity index (χ3n) is 4.89. The zero-order chi connectivity index (χ0) is 19.7. The van der Waals surface area contributed by atoms with E-state index in [1.165, 1.54) is 70.6 Å². The van der Waals surface area contributed by atoms with E-state index >= 15 is 0 Å². The van der Waals surface area contributed by atoms with E-state index in [0.29, 0.717) is 6.42 Å². The molecule has 0 aromatic rings. The van der Waals surface area contributed by atoms with Crippen LogP contribution in [0.15, 0.2) is 0 Å². The lowest BCUT2D eigenvalue weighted by atomic mass is 10.0. The van der Waals surface area contributed by atoms with Gasteiger partial charge in [-0.3, -0.25) is 9.35 Å². The summed E-state index contributed by atoms with van der Waals surface area (Å²) in [5.41, 5.74) is 0. The monoisotopic (exact) mass is 392 g/mol. The van der Waals surface area contributed by atoms with Gasteiger partial charge in [0.15, 0.2) is 5.25 Å². The van der Waals surface area contributed by atoms with Gasteiger partial charge in [0.25, 0.3) is 10.1 Å². The summed E-state index contributed by atoms with van der Waals surface area (Å²) in [6.07, 6.45) is 18.5. The Kier molecular flexibility index (Phi) is 16.2. The summed E-state index contributed by atoms with van der Waals surface area (Å²) in [5.74, 6) is -0.877. The smallest absolute Gasteiger partial charge is 0.326 e. The Morgan fingerprint density at radius 3 is 1.42 bits per heavy atom. The second-order valence-electron chi connectivity index (χ2n) is 7.27. The second-order valence-corrected chi connectivity index (χ2v) is 8.86. The van der Waals surface area contributed by atoms with E-state index in [1.807, 2.05) is 0 Å². The molecular weight excluding hydrogens is 352 g/mol. The number of rotatable bonds is 18. The maximum Gasteiger partial charge on any atom is 0.326 e. The van der Waals surface area contributed by atoms with Crippen molar-refractivity contribution in [1.82, 2.24) is 0 Å². The Morgan fingerprint density at radius 1 is 0.769 bits per heavy atom. The molecule has 5 nitrogen and oxygen atoms in total. The van der Waals surface area contributed by atoms with Gasteiger partial charge < -0.3 is 4.74 Å². The van der Waals surface area contributed by atoms with E-state index < -0.39 is 21.3 Å². The molecule has 0 aliphatic carbocycles. The van der Waals surface area contributed by atoms with Gasteiger partial charge in [0.1, 0.15) is 0 Å². The van der Waals surface area contributed by atoms with Crippen LogP contribution in [0.25, 0.3) is 0 Å². The van der Waals surface area contributed by atoms with Crippen LogP contribution in [0.2, 0.25) is 0 Å². The van der Waals surface area contributed by atoms with E-state index in [0.717, 1.165) is 26.4 Å². The normalized spacial score (nSPS) is 12.9. The first-order valence-electron chi connectivity index (χ1n) is 10.5. The average Bonchev–Trinajstić information content (AvgIpc) is 2.59. The van der Waals surface area contributed by atoms with Crippen molar-refractivity contribution in [2.24, 2.45) is 0 Å². The largest absolute Gasteiger partial charge is 0.468 e. The van der Waals surface area contributed by atoms with Crippen LogP contribution in [0.3, 0.4) is 0 Å². The van der Waals surface area contributed by atoms with Crippen molar-refractivity contribution in [2.45, 2.75) is 115 Å². The fourth-order valence-electron chi connectivity index (χ4n) is 3.22. The Hall–Kier alpha value is -0.620. The first-order valence-corrected chi connectivity index (χ1v) is 12.0. The van der Waals surface area contributed by atoms with Crippen LogP contribution in [0.1, 0.15) is 110 Å². The number of ether oxygens (including phenoxy) is 1. The van der Waals surface area contributed by atoms with Gasteiger partial charge in [-0.15, -0.1) is 0 Å². The number of carbonyl (C=O) groups excluding carboxylic acids is 1. The third-order valence-corrected chi connectivity index (χ3v) is 6.04. The molecule has 0 saturated carbocycles. The van der Waals surface area contributed by atoms with Gasteiger partial charge in [0.05, 0.1) is 7.11 Å². The maximum atomic E-state index is 11.4. The van der Waals surface area contributed by atoms with Gasteiger partial charge >= 0.3 is 5.97 Å². The minimum Gasteiger partial charge on any atom is -0.468 e. The molecule has 0 rings (SSSR count). The quantitative estimate of drug-likeness (QED) is 0.184. The highest BCUT2D eigenvalue weighted by atomic mass is 32.2. The van der Waals surface area contributed by atoms with Gasteiger partial charge in [-0.25, -0.2) is 0 Å². The van der Waals surface area contributed by atoms with Crippen LogP contribution in [0.4, 0.5) is 0 Å². The number of hydrogen-bond acceptors (Lipinski definition) is 4. The van der Waals surface area contributed by atoms with Crippen molar-refractivity contribution >= 4 is 16.1 Å². The second kappa shape index (κ2) is 16.5. The van der Waals surface area contributed by atoms with Crippen molar-refractivity contribution in [2.75, 3.05) is 7.11 Å². The lowest BCUT2D eigenvalue weighted by Gasteiger charge is -2.11. The van der Waals surface area contributed by atoms with Gasteiger partial charge in [-0.2, -0.15) is 8.42 Å². The van der Waals surface area contributed by atoms with E-state index in [2.05, 4.69) is 11.7 Å². The molecule has 0 aromatic heterocycles. The predicted molar refractivity (Wildman–Crippen MR) is 107 cm³/mol. The standard InChI is InChI=1S/C20H40O5S/c1-3-4-5-6-7-8-9-10-11-12-13-14-15-16-17-18-19(20(21)25-2)26(22,23)24/h19H,3-18H2,1-2H3,(H,22,23,24). The molecule has 26 heavy (non-hydrogen) atoms. The molecule has 0 aromatic carbocycles. The van der Waals surface area contributed by atoms with Crippen LogP contribution in [-0.4, -0.2) is 31.3 Å². The molecular formula is C20H40O5S. The molecule has 0 aliphatic heterocycles. The SMILES string of the molecule is CCCCCCCCCCCCCCCCCC(C(=O)OC)S(=O)(=O)O. The minimum atomic E-state index is -4.37. The zero-order valence-electron chi connectivity index (χ0n) is 16.9. The Bertz CT molecular complexity index is 433. The minimum absolute atomic E-state index is 0.129. The van der Waals surface area contributed by atoms with Gasteiger partial charge in [-0.05, 0) is 6.42 Å². The van der Waals surface area contributed by atoms with Crippen molar-refractivity contribution in [3.05, 3.63) is 0 Å². The van der Waals surface area contributed by atoms with E-state index in [-0.39, 0.29) is 6.42 Å². The summed E-state index contributed by atoms with van der Waals surface area (Å²) in [7, 11) is -3.24. The lowest BCUT2D eigenvalue weighted by Crippen LogP contribution is -2.30. The number of unbranched alkanes of at least 4 members (excludes halogenated alkanes) is 14.